The molecule has 1 fully saturated rings. The summed E-state index contributed by atoms with van der Waals surface area (Å²) in [4.78, 5) is 11.7. The molecule has 0 spiro atoms. The van der Waals surface area contributed by atoms with Crippen LogP contribution in [0.3, 0.4) is 0 Å². The maximum atomic E-state index is 11.7. The average molecular weight is 331 g/mol. The third-order valence-electron chi connectivity index (χ3n) is 3.40. The predicted octanol–water partition coefficient (Wildman–Crippen LogP) is 1.12. The second-order valence-corrected chi connectivity index (χ2v) is 7.82. The normalized spacial score (nSPS) is 20.3. The van der Waals surface area contributed by atoms with Crippen LogP contribution in [0.4, 0.5) is 0 Å². The van der Waals surface area contributed by atoms with Crippen molar-refractivity contribution in [2.24, 2.45) is 0 Å². The van der Waals surface area contributed by atoms with Crippen LogP contribution < -0.4 is 10.6 Å². The minimum absolute atomic E-state index is 0.0613. The Labute approximate surface area is 130 Å². The third-order valence-corrected chi connectivity index (χ3v) is 5.54. The highest BCUT2D eigenvalue weighted by Crippen LogP contribution is 2.14. The van der Waals surface area contributed by atoms with E-state index in [0.29, 0.717) is 31.0 Å². The second kappa shape index (κ2) is 7.24. The summed E-state index contributed by atoms with van der Waals surface area (Å²) < 4.78 is 22.6. The van der Waals surface area contributed by atoms with Gasteiger partial charge in [-0.05, 0) is 18.1 Å². The van der Waals surface area contributed by atoms with Crippen molar-refractivity contribution in [2.75, 3.05) is 18.1 Å². The van der Waals surface area contributed by atoms with E-state index in [4.69, 9.17) is 11.6 Å². The molecule has 1 aromatic carbocycles. The molecule has 2 rings (SSSR count). The molecule has 1 aromatic rings. The maximum absolute atomic E-state index is 11.7. The number of halogens is 1. The van der Waals surface area contributed by atoms with Gasteiger partial charge in [0.25, 0.3) is 0 Å². The zero-order valence-electron chi connectivity index (χ0n) is 11.6. The van der Waals surface area contributed by atoms with Crippen LogP contribution in [0, 0.1) is 0 Å². The number of hydrogen-bond donors (Lipinski definition) is 2. The molecule has 1 amide bonds. The van der Waals surface area contributed by atoms with Crippen molar-refractivity contribution in [1.82, 2.24) is 10.6 Å². The van der Waals surface area contributed by atoms with Crippen LogP contribution in [0.2, 0.25) is 5.02 Å². The molecule has 1 aliphatic rings. The number of nitrogens with one attached hydrogen (secondary N) is 2. The second-order valence-electron chi connectivity index (χ2n) is 5.19. The smallest absolute Gasteiger partial charge is 0.221 e. The number of amides is 1. The summed E-state index contributed by atoms with van der Waals surface area (Å²) in [6, 6.07) is 7.31. The Kier molecular flexibility index (Phi) is 5.61. The van der Waals surface area contributed by atoms with E-state index >= 15 is 0 Å². The number of carbonyl (C=O) groups excluding carboxylic acids is 1. The Bertz CT molecular complexity index is 604. The van der Waals surface area contributed by atoms with Crippen molar-refractivity contribution in [3.8, 4) is 0 Å². The van der Waals surface area contributed by atoms with E-state index in [9.17, 15) is 13.2 Å². The van der Waals surface area contributed by atoms with Crippen molar-refractivity contribution < 1.29 is 13.2 Å². The van der Waals surface area contributed by atoms with E-state index in [2.05, 4.69) is 10.6 Å². The van der Waals surface area contributed by atoms with Gasteiger partial charge in [-0.25, -0.2) is 8.42 Å². The van der Waals surface area contributed by atoms with Crippen LogP contribution in [0.25, 0.3) is 0 Å². The maximum Gasteiger partial charge on any atom is 0.221 e. The largest absolute Gasteiger partial charge is 0.352 e. The lowest BCUT2D eigenvalue weighted by Gasteiger charge is -2.11. The topological polar surface area (TPSA) is 75.3 Å². The molecule has 1 heterocycles. The van der Waals surface area contributed by atoms with Crippen LogP contribution >= 0.6 is 11.6 Å². The summed E-state index contributed by atoms with van der Waals surface area (Å²) in [5, 5.41) is 6.61. The SMILES string of the molecule is O=C(CCNCc1ccccc1Cl)NC1CCS(=O)(=O)C1. The fourth-order valence-corrected chi connectivity index (χ4v) is 4.15. The Morgan fingerprint density at radius 1 is 1.33 bits per heavy atom. The number of rotatable bonds is 6. The molecule has 1 unspecified atom stereocenters. The molecule has 0 radical (unpaired) electrons. The Morgan fingerprint density at radius 2 is 2.10 bits per heavy atom. The first-order valence-corrected chi connectivity index (χ1v) is 9.10. The van der Waals surface area contributed by atoms with E-state index in [1.54, 1.807) is 0 Å². The summed E-state index contributed by atoms with van der Waals surface area (Å²) in [6.45, 7) is 1.13. The lowest BCUT2D eigenvalue weighted by atomic mass is 10.2. The molecule has 0 bridgehead atoms. The van der Waals surface area contributed by atoms with E-state index < -0.39 is 9.84 Å². The molecule has 2 N–H and O–H groups in total. The minimum atomic E-state index is -2.95. The molecule has 1 aliphatic heterocycles. The van der Waals surface area contributed by atoms with Crippen molar-refractivity contribution in [3.63, 3.8) is 0 Å². The molecule has 5 nitrogen and oxygen atoms in total. The van der Waals surface area contributed by atoms with Crippen LogP contribution in [0.1, 0.15) is 18.4 Å². The molecule has 1 saturated heterocycles. The summed E-state index contributed by atoms with van der Waals surface area (Å²) in [5.74, 6) is 0.109. The fraction of sp³-hybridized carbons (Fsp3) is 0.500. The van der Waals surface area contributed by atoms with E-state index in [1.165, 1.54) is 0 Å². The molecule has 116 valence electrons. The van der Waals surface area contributed by atoms with Crippen LogP contribution in [0.5, 0.6) is 0 Å². The molecule has 21 heavy (non-hydrogen) atoms. The lowest BCUT2D eigenvalue weighted by Crippen LogP contribution is -2.37. The van der Waals surface area contributed by atoms with Crippen LogP contribution in [0.15, 0.2) is 24.3 Å². The molecule has 0 aliphatic carbocycles. The van der Waals surface area contributed by atoms with Gasteiger partial charge in [0.1, 0.15) is 0 Å². The molecule has 0 aromatic heterocycles. The minimum Gasteiger partial charge on any atom is -0.352 e. The van der Waals surface area contributed by atoms with Gasteiger partial charge in [-0.3, -0.25) is 4.79 Å². The zero-order chi connectivity index (χ0) is 15.3. The number of benzene rings is 1. The number of hydrogen-bond acceptors (Lipinski definition) is 4. The standard InChI is InChI=1S/C14H19ClN2O3S/c15-13-4-2-1-3-11(13)9-16-7-5-14(18)17-12-6-8-21(19,20)10-12/h1-4,12,16H,5-10H2,(H,17,18). The average Bonchev–Trinajstić information content (AvgIpc) is 2.76. The summed E-state index contributed by atoms with van der Waals surface area (Å²) >= 11 is 6.03. The monoisotopic (exact) mass is 330 g/mol. The van der Waals surface area contributed by atoms with Gasteiger partial charge >= 0.3 is 0 Å². The van der Waals surface area contributed by atoms with Gasteiger partial charge in [-0.1, -0.05) is 29.8 Å². The van der Waals surface area contributed by atoms with Gasteiger partial charge < -0.3 is 10.6 Å². The van der Waals surface area contributed by atoms with Gasteiger partial charge in [0, 0.05) is 30.6 Å². The quantitative estimate of drug-likeness (QED) is 0.767. The molecular formula is C14H19ClN2O3S. The Hall–Kier alpha value is -1.11. The molecule has 0 saturated carbocycles. The van der Waals surface area contributed by atoms with Crippen molar-refractivity contribution in [1.29, 1.82) is 0 Å². The van der Waals surface area contributed by atoms with Crippen molar-refractivity contribution in [3.05, 3.63) is 34.9 Å². The first kappa shape index (κ1) is 16.3. The van der Waals surface area contributed by atoms with E-state index in [0.717, 1.165) is 5.56 Å². The van der Waals surface area contributed by atoms with Gasteiger partial charge in [-0.2, -0.15) is 0 Å². The Morgan fingerprint density at radius 3 is 2.76 bits per heavy atom. The first-order chi connectivity index (χ1) is 9.96. The zero-order valence-corrected chi connectivity index (χ0v) is 13.2. The summed E-state index contributed by atoms with van der Waals surface area (Å²) in [6.07, 6.45) is 0.835. The fourth-order valence-electron chi connectivity index (χ4n) is 2.28. The van der Waals surface area contributed by atoms with Gasteiger partial charge in [0.05, 0.1) is 11.5 Å². The van der Waals surface area contributed by atoms with Crippen molar-refractivity contribution in [2.45, 2.75) is 25.4 Å². The number of carbonyl (C=O) groups is 1. The first-order valence-electron chi connectivity index (χ1n) is 6.90. The summed E-state index contributed by atoms with van der Waals surface area (Å²) in [7, 11) is -2.95. The van der Waals surface area contributed by atoms with Crippen LogP contribution in [-0.2, 0) is 21.2 Å². The van der Waals surface area contributed by atoms with Crippen molar-refractivity contribution >= 4 is 27.3 Å². The molecule has 1 atom stereocenters. The molecule has 7 heteroatoms. The highest BCUT2D eigenvalue weighted by Gasteiger charge is 2.28. The van der Waals surface area contributed by atoms with Gasteiger partial charge in [-0.15, -0.1) is 0 Å². The third kappa shape index (κ3) is 5.30. The highest BCUT2D eigenvalue weighted by molar-refractivity contribution is 7.91. The lowest BCUT2D eigenvalue weighted by molar-refractivity contribution is -0.121. The van der Waals surface area contributed by atoms with E-state index in [1.807, 2.05) is 24.3 Å². The number of sulfone groups is 1. The van der Waals surface area contributed by atoms with E-state index in [-0.39, 0.29) is 23.5 Å². The summed E-state index contributed by atoms with van der Waals surface area (Å²) in [5.41, 5.74) is 0.987. The van der Waals surface area contributed by atoms with Crippen LogP contribution in [-0.4, -0.2) is 38.4 Å². The van der Waals surface area contributed by atoms with Gasteiger partial charge in [0.2, 0.25) is 5.91 Å². The predicted molar refractivity (Wildman–Crippen MR) is 83.0 cm³/mol. The Balaban J connectivity index is 1.65. The molecular weight excluding hydrogens is 312 g/mol. The van der Waals surface area contributed by atoms with Gasteiger partial charge in [0.15, 0.2) is 9.84 Å². The highest BCUT2D eigenvalue weighted by atomic mass is 35.5.